The number of hydrogen-bond donors (Lipinski definition) is 0. The number of carbonyl (C=O) groups is 1. The van der Waals surface area contributed by atoms with E-state index in [1.54, 1.807) is 12.3 Å². The lowest BCUT2D eigenvalue weighted by Crippen LogP contribution is -2.39. The van der Waals surface area contributed by atoms with Gasteiger partial charge in [-0.25, -0.2) is 4.98 Å². The Morgan fingerprint density at radius 3 is 2.25 bits per heavy atom. The largest absolute Gasteiger partial charge is 0.375 e. The van der Waals surface area contributed by atoms with Crippen LogP contribution in [0.15, 0.2) is 12.3 Å². The molecule has 0 bridgehead atoms. The van der Waals surface area contributed by atoms with Gasteiger partial charge in [-0.3, -0.25) is 4.79 Å². The number of aromatic nitrogens is 1. The van der Waals surface area contributed by atoms with Crippen molar-refractivity contribution in [2.75, 3.05) is 31.1 Å². The molecule has 2 aliphatic heterocycles. The van der Waals surface area contributed by atoms with Crippen LogP contribution in [0.5, 0.6) is 0 Å². The summed E-state index contributed by atoms with van der Waals surface area (Å²) in [4.78, 5) is 21.4. The fraction of sp³-hybridized carbons (Fsp3) is 0.727. The van der Waals surface area contributed by atoms with Crippen LogP contribution in [-0.2, 0) is 4.74 Å². The third-order valence-corrected chi connectivity index (χ3v) is 6.67. The van der Waals surface area contributed by atoms with Crippen LogP contribution in [0, 0.1) is 0 Å². The lowest BCUT2D eigenvalue weighted by atomic mass is 9.97. The number of anilines is 1. The van der Waals surface area contributed by atoms with Crippen molar-refractivity contribution < 1.29 is 9.53 Å². The Labute approximate surface area is 173 Å². The first-order chi connectivity index (χ1) is 13.7. The molecular formula is C22H32ClN3O2. The fourth-order valence-electron chi connectivity index (χ4n) is 4.74. The highest BCUT2D eigenvalue weighted by molar-refractivity contribution is 6.33. The second-order valence-electron chi connectivity index (χ2n) is 8.46. The van der Waals surface area contributed by atoms with Crippen molar-refractivity contribution in [3.63, 3.8) is 0 Å². The zero-order valence-corrected chi connectivity index (χ0v) is 17.5. The van der Waals surface area contributed by atoms with Gasteiger partial charge < -0.3 is 14.5 Å². The molecule has 6 heteroatoms. The highest BCUT2D eigenvalue weighted by atomic mass is 35.5. The summed E-state index contributed by atoms with van der Waals surface area (Å²) in [6.07, 6.45) is 14.4. The molecule has 3 fully saturated rings. The number of carbonyl (C=O) groups excluding carboxylic acids is 1. The summed E-state index contributed by atoms with van der Waals surface area (Å²) in [5, 5.41) is 0.578. The molecule has 0 unspecified atom stereocenters. The Morgan fingerprint density at radius 2 is 1.57 bits per heavy atom. The maximum atomic E-state index is 12.7. The number of likely N-dealkylation sites (tertiary alicyclic amines) is 1. The van der Waals surface area contributed by atoms with E-state index in [0.717, 1.165) is 57.7 Å². The molecule has 0 N–H and O–H groups in total. The lowest BCUT2D eigenvalue weighted by molar-refractivity contribution is -0.0395. The second kappa shape index (κ2) is 9.45. The zero-order chi connectivity index (χ0) is 19.3. The maximum absolute atomic E-state index is 12.7. The molecule has 0 spiro atoms. The highest BCUT2D eigenvalue weighted by Crippen LogP contribution is 2.30. The van der Waals surface area contributed by atoms with Crippen molar-refractivity contribution in [3.05, 3.63) is 22.8 Å². The van der Waals surface area contributed by atoms with E-state index in [1.807, 2.05) is 4.90 Å². The van der Waals surface area contributed by atoms with Crippen LogP contribution in [0.2, 0.25) is 5.02 Å². The summed E-state index contributed by atoms with van der Waals surface area (Å²) < 4.78 is 6.33. The number of pyridine rings is 1. The average molecular weight is 406 g/mol. The molecule has 3 heterocycles. The van der Waals surface area contributed by atoms with Gasteiger partial charge in [-0.1, -0.05) is 30.9 Å². The number of amides is 1. The summed E-state index contributed by atoms with van der Waals surface area (Å²) in [6, 6.07) is 1.80. The fourth-order valence-corrected chi connectivity index (χ4v) is 5.02. The standard InChI is InChI=1S/C22H32ClN3O2/c23-20-15-17(22(27)26-11-5-2-6-12-26)16-24-21(20)25-13-9-19(10-14-25)28-18-7-3-1-4-8-18/h15-16,18-19H,1-14H2. The van der Waals surface area contributed by atoms with Gasteiger partial charge in [0.2, 0.25) is 0 Å². The van der Waals surface area contributed by atoms with E-state index in [1.165, 1.54) is 38.5 Å². The predicted octanol–water partition coefficient (Wildman–Crippen LogP) is 4.68. The molecule has 1 aromatic rings. The Morgan fingerprint density at radius 1 is 0.929 bits per heavy atom. The minimum absolute atomic E-state index is 0.0558. The van der Waals surface area contributed by atoms with Crippen LogP contribution in [-0.4, -0.2) is 54.2 Å². The van der Waals surface area contributed by atoms with E-state index in [0.29, 0.717) is 22.8 Å². The molecule has 0 atom stereocenters. The smallest absolute Gasteiger partial charge is 0.255 e. The van der Waals surface area contributed by atoms with Crippen LogP contribution in [0.1, 0.15) is 74.6 Å². The highest BCUT2D eigenvalue weighted by Gasteiger charge is 2.26. The van der Waals surface area contributed by atoms with Crippen molar-refractivity contribution in [1.82, 2.24) is 9.88 Å². The molecule has 1 aliphatic carbocycles. The van der Waals surface area contributed by atoms with E-state index in [2.05, 4.69) is 9.88 Å². The van der Waals surface area contributed by atoms with E-state index >= 15 is 0 Å². The van der Waals surface area contributed by atoms with Gasteiger partial charge in [0.25, 0.3) is 5.91 Å². The van der Waals surface area contributed by atoms with Gasteiger partial charge in [0.05, 0.1) is 22.8 Å². The van der Waals surface area contributed by atoms with Crippen LogP contribution < -0.4 is 4.90 Å². The molecule has 154 valence electrons. The first-order valence-electron chi connectivity index (χ1n) is 11.1. The van der Waals surface area contributed by atoms with Crippen molar-refractivity contribution in [1.29, 1.82) is 0 Å². The van der Waals surface area contributed by atoms with E-state index in [9.17, 15) is 4.79 Å². The number of hydrogen-bond acceptors (Lipinski definition) is 4. The molecule has 1 amide bonds. The van der Waals surface area contributed by atoms with Crippen LogP contribution in [0.25, 0.3) is 0 Å². The molecule has 3 aliphatic rings. The number of nitrogens with zero attached hydrogens (tertiary/aromatic N) is 3. The van der Waals surface area contributed by atoms with Crippen LogP contribution in [0.4, 0.5) is 5.82 Å². The number of halogens is 1. The van der Waals surface area contributed by atoms with Crippen LogP contribution >= 0.6 is 11.6 Å². The van der Waals surface area contributed by atoms with Gasteiger partial charge in [-0.15, -0.1) is 0 Å². The van der Waals surface area contributed by atoms with Crippen molar-refractivity contribution in [3.8, 4) is 0 Å². The molecule has 28 heavy (non-hydrogen) atoms. The molecule has 4 rings (SSSR count). The topological polar surface area (TPSA) is 45.7 Å². The van der Waals surface area contributed by atoms with E-state index in [-0.39, 0.29) is 5.91 Å². The Kier molecular flexibility index (Phi) is 6.73. The molecule has 2 saturated heterocycles. The molecule has 1 aromatic heterocycles. The summed E-state index contributed by atoms with van der Waals surface area (Å²) in [6.45, 7) is 3.49. The molecular weight excluding hydrogens is 374 g/mol. The third kappa shape index (κ3) is 4.80. The summed E-state index contributed by atoms with van der Waals surface area (Å²) in [5.41, 5.74) is 0.603. The third-order valence-electron chi connectivity index (χ3n) is 6.39. The first kappa shape index (κ1) is 20.0. The molecule has 0 radical (unpaired) electrons. The Balaban J connectivity index is 1.32. The van der Waals surface area contributed by atoms with Gasteiger partial charge in [0.15, 0.2) is 0 Å². The van der Waals surface area contributed by atoms with Gasteiger partial charge in [0.1, 0.15) is 5.82 Å². The Hall–Kier alpha value is -1.33. The monoisotopic (exact) mass is 405 g/mol. The number of ether oxygens (including phenoxy) is 1. The van der Waals surface area contributed by atoms with E-state index < -0.39 is 0 Å². The summed E-state index contributed by atoms with van der Waals surface area (Å²) in [5.74, 6) is 0.855. The number of piperidine rings is 2. The number of rotatable bonds is 4. The van der Waals surface area contributed by atoms with Gasteiger partial charge in [-0.05, 0) is 51.0 Å². The maximum Gasteiger partial charge on any atom is 0.255 e. The average Bonchev–Trinajstić information content (AvgIpc) is 2.75. The minimum atomic E-state index is 0.0558. The normalized spacial score (nSPS) is 22.5. The van der Waals surface area contributed by atoms with Crippen molar-refractivity contribution in [2.24, 2.45) is 0 Å². The SMILES string of the molecule is O=C(c1cnc(N2CCC(OC3CCCCC3)CC2)c(Cl)c1)N1CCCCC1. The van der Waals surface area contributed by atoms with Gasteiger partial charge in [-0.2, -0.15) is 0 Å². The Bertz CT molecular complexity index is 664. The summed E-state index contributed by atoms with van der Waals surface area (Å²) >= 11 is 6.53. The first-order valence-corrected chi connectivity index (χ1v) is 11.4. The van der Waals surface area contributed by atoms with Crippen molar-refractivity contribution in [2.45, 2.75) is 76.4 Å². The van der Waals surface area contributed by atoms with Crippen LogP contribution in [0.3, 0.4) is 0 Å². The molecule has 0 aromatic carbocycles. The quantitative estimate of drug-likeness (QED) is 0.729. The van der Waals surface area contributed by atoms with E-state index in [4.69, 9.17) is 16.3 Å². The molecule has 5 nitrogen and oxygen atoms in total. The second-order valence-corrected chi connectivity index (χ2v) is 8.87. The zero-order valence-electron chi connectivity index (χ0n) is 16.7. The van der Waals surface area contributed by atoms with Crippen molar-refractivity contribution >= 4 is 23.3 Å². The minimum Gasteiger partial charge on any atom is -0.375 e. The summed E-state index contributed by atoms with van der Waals surface area (Å²) in [7, 11) is 0. The predicted molar refractivity (Wildman–Crippen MR) is 112 cm³/mol. The van der Waals surface area contributed by atoms with Gasteiger partial charge >= 0.3 is 0 Å². The van der Waals surface area contributed by atoms with Gasteiger partial charge in [0, 0.05) is 32.4 Å². The molecule has 1 saturated carbocycles. The lowest BCUT2D eigenvalue weighted by Gasteiger charge is -2.35.